The monoisotopic (exact) mass is 418 g/mol. The number of carbonyl (C=O) groups excluding carboxylic acids is 1. The molecule has 25 heavy (non-hydrogen) atoms. The van der Waals surface area contributed by atoms with Gasteiger partial charge in [0, 0.05) is 29.2 Å². The Kier molecular flexibility index (Phi) is 4.78. The van der Waals surface area contributed by atoms with E-state index in [4.69, 9.17) is 9.15 Å². The third kappa shape index (κ3) is 3.58. The molecule has 1 fully saturated rings. The molecule has 0 atom stereocenters. The van der Waals surface area contributed by atoms with E-state index < -0.39 is 0 Å². The highest BCUT2D eigenvalue weighted by atomic mass is 79.9. The number of hydrogen-bond donors (Lipinski definition) is 0. The molecule has 2 aliphatic rings. The number of ether oxygens (including phenoxy) is 1. The number of rotatable bonds is 2. The largest absolute Gasteiger partial charge is 0.457 e. The molecule has 1 aromatic heterocycles. The Hall–Kier alpha value is -1.83. The lowest BCUT2D eigenvalue weighted by Gasteiger charge is -2.27. The van der Waals surface area contributed by atoms with Crippen molar-refractivity contribution in [2.75, 3.05) is 26.3 Å². The minimum atomic E-state index is -0.217. The number of morpholine rings is 1. The lowest BCUT2D eigenvalue weighted by atomic mass is 10.2. The fourth-order valence-electron chi connectivity index (χ4n) is 2.65. The zero-order valence-corrected chi connectivity index (χ0v) is 15.7. The summed E-state index contributed by atoms with van der Waals surface area (Å²) in [6, 6.07) is 11.6. The maximum Gasteiger partial charge on any atom is 0.286 e. The summed E-state index contributed by atoms with van der Waals surface area (Å²) in [5.41, 5.74) is 0.975. The van der Waals surface area contributed by atoms with E-state index in [0.29, 0.717) is 23.9 Å². The number of benzene rings is 1. The molecule has 5 nitrogen and oxygen atoms in total. The third-order valence-corrected chi connectivity index (χ3v) is 5.67. The molecular weight excluding hydrogens is 404 g/mol. The van der Waals surface area contributed by atoms with Crippen molar-refractivity contribution in [1.82, 2.24) is 4.90 Å². The highest BCUT2D eigenvalue weighted by molar-refractivity contribution is 9.10. The van der Waals surface area contributed by atoms with Crippen LogP contribution in [0.4, 0.5) is 0 Å². The molecule has 0 saturated carbocycles. The third-order valence-electron chi connectivity index (χ3n) is 3.93. The van der Waals surface area contributed by atoms with Crippen LogP contribution < -0.4 is 0 Å². The van der Waals surface area contributed by atoms with E-state index in [1.54, 1.807) is 6.08 Å². The molecule has 0 aliphatic carbocycles. The van der Waals surface area contributed by atoms with Gasteiger partial charge in [-0.05, 0) is 30.0 Å². The van der Waals surface area contributed by atoms with Gasteiger partial charge in [-0.3, -0.25) is 4.79 Å². The molecule has 0 spiro atoms. The van der Waals surface area contributed by atoms with Gasteiger partial charge >= 0.3 is 0 Å². The Morgan fingerprint density at radius 3 is 2.76 bits per heavy atom. The number of furan rings is 1. The molecule has 128 valence electrons. The topological polar surface area (TPSA) is 55.0 Å². The Balaban J connectivity index is 1.52. The number of hydrogen-bond acceptors (Lipinski definition) is 5. The van der Waals surface area contributed by atoms with Gasteiger partial charge in [0.15, 0.2) is 5.17 Å². The fourth-order valence-corrected chi connectivity index (χ4v) is 4.08. The van der Waals surface area contributed by atoms with Crippen LogP contribution in [0.25, 0.3) is 17.4 Å². The van der Waals surface area contributed by atoms with E-state index in [0.717, 1.165) is 34.1 Å². The molecule has 0 unspecified atom stereocenters. The summed E-state index contributed by atoms with van der Waals surface area (Å²) in [7, 11) is 0. The van der Waals surface area contributed by atoms with E-state index in [9.17, 15) is 4.79 Å². The van der Waals surface area contributed by atoms with E-state index in [1.807, 2.05) is 36.4 Å². The maximum atomic E-state index is 12.2. The van der Waals surface area contributed by atoms with Gasteiger partial charge in [0.1, 0.15) is 11.5 Å². The second-order valence-corrected chi connectivity index (χ2v) is 7.45. The molecule has 1 aromatic carbocycles. The van der Waals surface area contributed by atoms with Crippen molar-refractivity contribution < 1.29 is 13.9 Å². The maximum absolute atomic E-state index is 12.2. The Morgan fingerprint density at radius 2 is 1.96 bits per heavy atom. The van der Waals surface area contributed by atoms with Crippen molar-refractivity contribution in [3.63, 3.8) is 0 Å². The predicted octanol–water partition coefficient (Wildman–Crippen LogP) is 4.01. The fraction of sp³-hybridized carbons (Fsp3) is 0.222. The standard InChI is InChI=1S/C18H15BrN2O3S/c19-14-4-2-1-3-13(14)15-6-5-12(24-15)11-16-17(22)20-18(25-16)21-7-9-23-10-8-21/h1-6,11H,7-10H2/b16-11-. The summed E-state index contributed by atoms with van der Waals surface area (Å²) in [4.78, 5) is 19.0. The Morgan fingerprint density at radius 1 is 1.16 bits per heavy atom. The highest BCUT2D eigenvalue weighted by Crippen LogP contribution is 2.33. The number of nitrogens with zero attached hydrogens (tertiary/aromatic N) is 2. The first-order valence-corrected chi connectivity index (χ1v) is 9.52. The molecule has 0 radical (unpaired) electrons. The van der Waals surface area contributed by atoms with Crippen LogP contribution in [-0.2, 0) is 9.53 Å². The second-order valence-electron chi connectivity index (χ2n) is 5.59. The number of carbonyl (C=O) groups is 1. The van der Waals surface area contributed by atoms with Gasteiger partial charge in [-0.1, -0.05) is 34.1 Å². The van der Waals surface area contributed by atoms with Crippen LogP contribution in [-0.4, -0.2) is 42.3 Å². The van der Waals surface area contributed by atoms with E-state index >= 15 is 0 Å². The summed E-state index contributed by atoms with van der Waals surface area (Å²) in [6.07, 6.45) is 1.75. The SMILES string of the molecule is O=C1N=C(N2CCOCC2)S/C1=C\c1ccc(-c2ccccc2Br)o1. The summed E-state index contributed by atoms with van der Waals surface area (Å²) in [6.45, 7) is 2.86. The van der Waals surface area contributed by atoms with Gasteiger partial charge in [0.25, 0.3) is 5.91 Å². The van der Waals surface area contributed by atoms with Crippen molar-refractivity contribution in [3.8, 4) is 11.3 Å². The van der Waals surface area contributed by atoms with Crippen molar-refractivity contribution in [3.05, 3.63) is 51.5 Å². The first kappa shape index (κ1) is 16.6. The number of halogens is 1. The van der Waals surface area contributed by atoms with Gasteiger partial charge in [-0.25, -0.2) is 0 Å². The lowest BCUT2D eigenvalue weighted by Crippen LogP contribution is -2.38. The number of amidine groups is 1. The van der Waals surface area contributed by atoms with Crippen molar-refractivity contribution in [2.45, 2.75) is 0 Å². The molecule has 0 bridgehead atoms. The lowest BCUT2D eigenvalue weighted by molar-refractivity contribution is -0.113. The van der Waals surface area contributed by atoms with Gasteiger partial charge in [-0.15, -0.1) is 0 Å². The molecule has 0 N–H and O–H groups in total. The van der Waals surface area contributed by atoms with Gasteiger partial charge < -0.3 is 14.1 Å². The van der Waals surface area contributed by atoms with E-state index in [2.05, 4.69) is 25.8 Å². The first-order chi connectivity index (χ1) is 12.2. The predicted molar refractivity (Wildman–Crippen MR) is 102 cm³/mol. The highest BCUT2D eigenvalue weighted by Gasteiger charge is 2.27. The van der Waals surface area contributed by atoms with Crippen molar-refractivity contribution >= 4 is 44.8 Å². The molecule has 7 heteroatoms. The molecule has 1 amide bonds. The van der Waals surface area contributed by atoms with E-state index in [1.165, 1.54) is 11.8 Å². The Bertz CT molecular complexity index is 869. The average molecular weight is 419 g/mol. The molecular formula is C18H15BrN2O3S. The Labute approximate surface area is 157 Å². The molecule has 4 rings (SSSR count). The molecule has 3 heterocycles. The smallest absolute Gasteiger partial charge is 0.286 e. The molecule has 2 aromatic rings. The van der Waals surface area contributed by atoms with Crippen LogP contribution in [0.3, 0.4) is 0 Å². The van der Waals surface area contributed by atoms with Gasteiger partial charge in [0.2, 0.25) is 0 Å². The van der Waals surface area contributed by atoms with Crippen LogP contribution in [0.15, 0.2) is 55.2 Å². The molecule has 1 saturated heterocycles. The summed E-state index contributed by atoms with van der Waals surface area (Å²) in [5.74, 6) is 1.18. The number of amides is 1. The zero-order valence-electron chi connectivity index (χ0n) is 13.3. The quantitative estimate of drug-likeness (QED) is 0.689. The zero-order chi connectivity index (χ0) is 17.2. The van der Waals surface area contributed by atoms with Gasteiger partial charge in [0.05, 0.1) is 18.1 Å². The van der Waals surface area contributed by atoms with Crippen LogP contribution in [0.2, 0.25) is 0 Å². The summed E-state index contributed by atoms with van der Waals surface area (Å²) >= 11 is 4.92. The van der Waals surface area contributed by atoms with E-state index in [-0.39, 0.29) is 5.91 Å². The van der Waals surface area contributed by atoms with Crippen LogP contribution in [0.1, 0.15) is 5.76 Å². The van der Waals surface area contributed by atoms with Gasteiger partial charge in [-0.2, -0.15) is 4.99 Å². The number of aliphatic imine (C=N–C) groups is 1. The van der Waals surface area contributed by atoms with Crippen molar-refractivity contribution in [2.24, 2.45) is 4.99 Å². The second kappa shape index (κ2) is 7.19. The minimum Gasteiger partial charge on any atom is -0.457 e. The average Bonchev–Trinajstić information content (AvgIpc) is 3.24. The van der Waals surface area contributed by atoms with Crippen LogP contribution in [0, 0.1) is 0 Å². The van der Waals surface area contributed by atoms with Crippen LogP contribution >= 0.6 is 27.7 Å². The van der Waals surface area contributed by atoms with Crippen molar-refractivity contribution in [1.29, 1.82) is 0 Å². The summed E-state index contributed by atoms with van der Waals surface area (Å²) < 4.78 is 12.2. The first-order valence-electron chi connectivity index (χ1n) is 7.91. The van der Waals surface area contributed by atoms with Crippen LogP contribution in [0.5, 0.6) is 0 Å². The molecule has 2 aliphatic heterocycles. The normalized spacial score (nSPS) is 19.6. The minimum absolute atomic E-state index is 0.217. The summed E-state index contributed by atoms with van der Waals surface area (Å²) in [5, 5.41) is 0.747. The number of thioether (sulfide) groups is 1.